The minimum absolute atomic E-state index is 0.226. The molecule has 0 radical (unpaired) electrons. The van der Waals surface area contributed by atoms with Crippen LogP contribution in [0, 0.1) is 5.41 Å². The van der Waals surface area contributed by atoms with Crippen LogP contribution >= 0.6 is 0 Å². The normalized spacial score (nSPS) is 25.4. The highest BCUT2D eigenvalue weighted by atomic mass is 16.3. The first-order valence-electron chi connectivity index (χ1n) is 11.3. The summed E-state index contributed by atoms with van der Waals surface area (Å²) in [6.45, 7) is 8.33. The standard InChI is InChI=1S/C24H36N6O/c1-6-9-22-23(18-14-27-30(15-18)20(7-2)8-3)28-21(16-29(22)5)17(12-25)13-26-19-10-24(4,31)11-19/h9,12-16,19-20,25-26,31H,6-8,10-11H2,1-5H3/b17-13+,22-9-,25-12?/t19-,24+. The van der Waals surface area contributed by atoms with Gasteiger partial charge in [0.15, 0.2) is 0 Å². The van der Waals surface area contributed by atoms with Crippen LogP contribution in [0.25, 0.3) is 0 Å². The van der Waals surface area contributed by atoms with Gasteiger partial charge in [-0.05, 0) is 39.0 Å². The maximum absolute atomic E-state index is 9.95. The fourth-order valence-electron chi connectivity index (χ4n) is 4.25. The monoisotopic (exact) mass is 424 g/mol. The van der Waals surface area contributed by atoms with Crippen molar-refractivity contribution in [2.45, 2.75) is 77.5 Å². The minimum atomic E-state index is -0.583. The quantitative estimate of drug-likeness (QED) is 0.520. The van der Waals surface area contributed by atoms with E-state index in [0.717, 1.165) is 41.9 Å². The van der Waals surface area contributed by atoms with Crippen LogP contribution in [0.2, 0.25) is 0 Å². The molecule has 1 saturated carbocycles. The molecule has 1 aliphatic carbocycles. The zero-order chi connectivity index (χ0) is 22.6. The van der Waals surface area contributed by atoms with Crippen LogP contribution in [0.3, 0.4) is 0 Å². The number of rotatable bonds is 9. The molecule has 1 aromatic rings. The van der Waals surface area contributed by atoms with Crippen molar-refractivity contribution in [2.75, 3.05) is 7.05 Å². The van der Waals surface area contributed by atoms with E-state index in [1.807, 2.05) is 37.2 Å². The van der Waals surface area contributed by atoms with Crippen molar-refractivity contribution in [3.05, 3.63) is 53.4 Å². The Balaban J connectivity index is 1.91. The number of allylic oxidation sites excluding steroid dienone is 3. The van der Waals surface area contributed by atoms with Gasteiger partial charge in [0.2, 0.25) is 0 Å². The number of aromatic nitrogens is 2. The molecular formula is C24H36N6O. The van der Waals surface area contributed by atoms with Gasteiger partial charge in [0.05, 0.1) is 34.9 Å². The van der Waals surface area contributed by atoms with Gasteiger partial charge in [-0.25, -0.2) is 4.99 Å². The van der Waals surface area contributed by atoms with E-state index in [9.17, 15) is 5.11 Å². The topological polar surface area (TPSA) is 89.5 Å². The van der Waals surface area contributed by atoms with Crippen LogP contribution in [-0.2, 0) is 0 Å². The van der Waals surface area contributed by atoms with Crippen molar-refractivity contribution >= 4 is 11.9 Å². The molecule has 1 aliphatic heterocycles. The molecule has 7 nitrogen and oxygen atoms in total. The van der Waals surface area contributed by atoms with Crippen LogP contribution in [0.5, 0.6) is 0 Å². The first kappa shape index (κ1) is 23.0. The van der Waals surface area contributed by atoms with Crippen molar-refractivity contribution in [1.82, 2.24) is 20.0 Å². The highest BCUT2D eigenvalue weighted by Gasteiger charge is 2.37. The molecule has 0 bridgehead atoms. The van der Waals surface area contributed by atoms with E-state index in [1.54, 1.807) is 0 Å². The molecule has 0 amide bonds. The van der Waals surface area contributed by atoms with Crippen molar-refractivity contribution in [2.24, 2.45) is 4.99 Å². The van der Waals surface area contributed by atoms with Gasteiger partial charge in [-0.15, -0.1) is 0 Å². The van der Waals surface area contributed by atoms with Gasteiger partial charge in [-0.2, -0.15) is 5.10 Å². The largest absolute Gasteiger partial charge is 0.390 e. The highest BCUT2D eigenvalue weighted by Crippen LogP contribution is 2.32. The summed E-state index contributed by atoms with van der Waals surface area (Å²) in [5.74, 6) is 0. The van der Waals surface area contributed by atoms with Gasteiger partial charge in [0.25, 0.3) is 0 Å². The van der Waals surface area contributed by atoms with Crippen LogP contribution in [0.4, 0.5) is 0 Å². The summed E-state index contributed by atoms with van der Waals surface area (Å²) in [6.07, 6.45) is 15.7. The van der Waals surface area contributed by atoms with Crippen molar-refractivity contribution in [1.29, 1.82) is 5.41 Å². The lowest BCUT2D eigenvalue weighted by molar-refractivity contribution is -0.0354. The summed E-state index contributed by atoms with van der Waals surface area (Å²) in [6, 6.07) is 0.606. The number of nitrogens with one attached hydrogen (secondary N) is 2. The van der Waals surface area contributed by atoms with Gasteiger partial charge >= 0.3 is 0 Å². The first-order valence-corrected chi connectivity index (χ1v) is 11.3. The third-order valence-electron chi connectivity index (χ3n) is 6.06. The summed E-state index contributed by atoms with van der Waals surface area (Å²) < 4.78 is 2.04. The molecule has 1 fully saturated rings. The number of hydrogen-bond acceptors (Lipinski definition) is 6. The second-order valence-electron chi connectivity index (χ2n) is 8.78. The molecule has 3 rings (SSSR count). The molecule has 2 aliphatic rings. The van der Waals surface area contributed by atoms with Crippen LogP contribution in [-0.4, -0.2) is 50.4 Å². The Bertz CT molecular complexity index is 908. The Kier molecular flexibility index (Phi) is 7.15. The van der Waals surface area contributed by atoms with Gasteiger partial charge in [0, 0.05) is 49.0 Å². The summed E-state index contributed by atoms with van der Waals surface area (Å²) in [7, 11) is 2.01. The first-order chi connectivity index (χ1) is 14.8. The summed E-state index contributed by atoms with van der Waals surface area (Å²) in [4.78, 5) is 7.02. The van der Waals surface area contributed by atoms with Gasteiger partial charge in [-0.1, -0.05) is 26.8 Å². The number of nitrogens with zero attached hydrogens (tertiary/aromatic N) is 4. The third-order valence-corrected chi connectivity index (χ3v) is 6.06. The average Bonchev–Trinajstić information content (AvgIpc) is 3.19. The SMILES string of the molecule is CC/C=C1/C(c2cnn(C(CC)CC)c2)=NC(/C(C=N)=C/N[C@H]2C[C@@](C)(O)C2)=CN1C. The average molecular weight is 425 g/mol. The van der Waals surface area contributed by atoms with Gasteiger partial charge < -0.3 is 20.7 Å². The smallest absolute Gasteiger partial charge is 0.0974 e. The van der Waals surface area contributed by atoms with Crippen LogP contribution in [0.1, 0.15) is 71.4 Å². The maximum atomic E-state index is 9.95. The predicted octanol–water partition coefficient (Wildman–Crippen LogP) is 4.15. The molecule has 0 unspecified atom stereocenters. The minimum Gasteiger partial charge on any atom is -0.390 e. The third kappa shape index (κ3) is 5.15. The highest BCUT2D eigenvalue weighted by molar-refractivity contribution is 6.13. The molecule has 31 heavy (non-hydrogen) atoms. The van der Waals surface area contributed by atoms with E-state index in [2.05, 4.69) is 48.4 Å². The maximum Gasteiger partial charge on any atom is 0.0974 e. The number of aliphatic hydroxyl groups is 1. The summed E-state index contributed by atoms with van der Waals surface area (Å²) >= 11 is 0. The molecule has 1 aromatic heterocycles. The molecule has 7 heteroatoms. The van der Waals surface area contributed by atoms with Crippen molar-refractivity contribution in [3.63, 3.8) is 0 Å². The Morgan fingerprint density at radius 1 is 1.35 bits per heavy atom. The Hall–Kier alpha value is -2.67. The Labute approximate surface area is 185 Å². The van der Waals surface area contributed by atoms with E-state index < -0.39 is 5.60 Å². The lowest BCUT2D eigenvalue weighted by atomic mass is 9.77. The van der Waals surface area contributed by atoms with E-state index in [-0.39, 0.29) is 6.04 Å². The van der Waals surface area contributed by atoms with Gasteiger partial charge in [-0.3, -0.25) is 4.68 Å². The number of hydrogen-bond donors (Lipinski definition) is 3. The van der Waals surface area contributed by atoms with Crippen LogP contribution in [0.15, 0.2) is 52.8 Å². The fraction of sp³-hybridized carbons (Fsp3) is 0.542. The molecule has 0 spiro atoms. The fourth-order valence-corrected chi connectivity index (χ4v) is 4.25. The summed E-state index contributed by atoms with van der Waals surface area (Å²) in [5.41, 5.74) is 3.76. The van der Waals surface area contributed by atoms with E-state index >= 15 is 0 Å². The van der Waals surface area contributed by atoms with E-state index in [0.29, 0.717) is 24.5 Å². The molecule has 0 atom stereocenters. The van der Waals surface area contributed by atoms with E-state index in [4.69, 9.17) is 10.4 Å². The number of likely N-dealkylation sites (N-methyl/N-ethyl adjacent to an activating group) is 1. The van der Waals surface area contributed by atoms with Crippen molar-refractivity contribution < 1.29 is 5.11 Å². The zero-order valence-electron chi connectivity index (χ0n) is 19.4. The van der Waals surface area contributed by atoms with Gasteiger partial charge in [0.1, 0.15) is 0 Å². The lowest BCUT2D eigenvalue weighted by Crippen LogP contribution is -2.50. The molecule has 2 heterocycles. The molecule has 0 saturated heterocycles. The zero-order valence-corrected chi connectivity index (χ0v) is 19.4. The molecule has 3 N–H and O–H groups in total. The second-order valence-corrected chi connectivity index (χ2v) is 8.78. The Morgan fingerprint density at radius 2 is 2.06 bits per heavy atom. The lowest BCUT2D eigenvalue weighted by Gasteiger charge is -2.41. The van der Waals surface area contributed by atoms with Crippen molar-refractivity contribution in [3.8, 4) is 0 Å². The van der Waals surface area contributed by atoms with Crippen LogP contribution < -0.4 is 5.32 Å². The summed E-state index contributed by atoms with van der Waals surface area (Å²) in [5, 5.41) is 25.8. The molecule has 0 aromatic carbocycles. The predicted molar refractivity (Wildman–Crippen MR) is 126 cm³/mol. The van der Waals surface area contributed by atoms with E-state index in [1.165, 1.54) is 6.21 Å². The molecule has 168 valence electrons. The Morgan fingerprint density at radius 3 is 2.65 bits per heavy atom. The second kappa shape index (κ2) is 9.64. The molecular weight excluding hydrogens is 388 g/mol. The number of aliphatic imine (C=N–C) groups is 1.